The minimum Gasteiger partial charge on any atom is -0.342 e. The molecule has 0 spiro atoms. The fourth-order valence-electron chi connectivity index (χ4n) is 5.89. The lowest BCUT2D eigenvalue weighted by Crippen LogP contribution is -2.30. The van der Waals surface area contributed by atoms with Gasteiger partial charge in [0.05, 0.1) is 0 Å². The van der Waals surface area contributed by atoms with E-state index >= 15 is 0 Å². The fraction of sp³-hybridized carbons (Fsp3) is 0.720. The average Bonchev–Trinajstić information content (AvgIpc) is 3.35. The van der Waals surface area contributed by atoms with Crippen LogP contribution in [0.15, 0.2) is 24.3 Å². The molecule has 28 heavy (non-hydrogen) atoms. The highest BCUT2D eigenvalue weighted by Gasteiger charge is 2.44. The van der Waals surface area contributed by atoms with Crippen molar-refractivity contribution in [2.45, 2.75) is 71.3 Å². The maximum absolute atomic E-state index is 12.5. The minimum atomic E-state index is 0.370. The molecule has 0 aromatic heterocycles. The lowest BCUT2D eigenvalue weighted by atomic mass is 9.86. The zero-order valence-electron chi connectivity index (χ0n) is 18.1. The predicted octanol–water partition coefficient (Wildman–Crippen LogP) is 4.71. The SMILES string of the molecule is CC(C)CC(=O)N1CC2CCC(c3ccc(CCN4CCCC4C)cc3)C2C1. The Balaban J connectivity index is 1.33. The Hall–Kier alpha value is -1.35. The number of likely N-dealkylation sites (tertiary alicyclic amines) is 2. The van der Waals surface area contributed by atoms with Gasteiger partial charge in [0, 0.05) is 32.1 Å². The molecule has 2 saturated heterocycles. The maximum atomic E-state index is 12.5. The first kappa shape index (κ1) is 19.9. The zero-order valence-corrected chi connectivity index (χ0v) is 18.1. The molecule has 4 unspecified atom stereocenters. The van der Waals surface area contributed by atoms with E-state index in [2.05, 4.69) is 54.8 Å². The molecule has 3 heteroatoms. The highest BCUT2D eigenvalue weighted by atomic mass is 16.2. The Labute approximate surface area is 171 Å². The molecule has 1 aromatic carbocycles. The van der Waals surface area contributed by atoms with Gasteiger partial charge in [-0.05, 0) is 80.4 Å². The average molecular weight is 383 g/mol. The second kappa shape index (κ2) is 8.57. The van der Waals surface area contributed by atoms with E-state index in [1.165, 1.54) is 56.3 Å². The Morgan fingerprint density at radius 1 is 1.11 bits per heavy atom. The normalized spacial score (nSPS) is 30.4. The first-order valence-corrected chi connectivity index (χ1v) is 11.6. The van der Waals surface area contributed by atoms with Crippen molar-refractivity contribution in [3.8, 4) is 0 Å². The van der Waals surface area contributed by atoms with E-state index in [0.29, 0.717) is 30.1 Å². The van der Waals surface area contributed by atoms with Gasteiger partial charge in [-0.3, -0.25) is 4.79 Å². The first-order chi connectivity index (χ1) is 13.5. The number of hydrogen-bond acceptors (Lipinski definition) is 2. The van der Waals surface area contributed by atoms with Crippen LogP contribution in [0.2, 0.25) is 0 Å². The van der Waals surface area contributed by atoms with E-state index in [4.69, 9.17) is 0 Å². The van der Waals surface area contributed by atoms with Gasteiger partial charge in [-0.1, -0.05) is 38.1 Å². The summed E-state index contributed by atoms with van der Waals surface area (Å²) in [6.45, 7) is 11.1. The number of amides is 1. The van der Waals surface area contributed by atoms with E-state index in [0.717, 1.165) is 25.0 Å². The maximum Gasteiger partial charge on any atom is 0.222 e. The summed E-state index contributed by atoms with van der Waals surface area (Å²) in [5.41, 5.74) is 2.97. The molecule has 4 atom stereocenters. The molecule has 1 amide bonds. The molecule has 3 nitrogen and oxygen atoms in total. The van der Waals surface area contributed by atoms with E-state index in [1.54, 1.807) is 0 Å². The number of benzene rings is 1. The van der Waals surface area contributed by atoms with E-state index < -0.39 is 0 Å². The van der Waals surface area contributed by atoms with Crippen LogP contribution in [0.3, 0.4) is 0 Å². The standard InChI is InChI=1S/C25H38N2O/c1-18(2)15-25(28)27-16-22-10-11-23(24(22)17-27)21-8-6-20(7-9-21)12-14-26-13-4-5-19(26)3/h6-9,18-19,22-24H,4-5,10-17H2,1-3H3. The Bertz CT molecular complexity index is 668. The molecule has 2 aliphatic heterocycles. The third kappa shape index (κ3) is 4.30. The van der Waals surface area contributed by atoms with Gasteiger partial charge in [0.15, 0.2) is 0 Å². The van der Waals surface area contributed by atoms with Gasteiger partial charge >= 0.3 is 0 Å². The van der Waals surface area contributed by atoms with Crippen LogP contribution in [0.25, 0.3) is 0 Å². The summed E-state index contributed by atoms with van der Waals surface area (Å²) in [4.78, 5) is 17.3. The molecule has 0 bridgehead atoms. The predicted molar refractivity (Wildman–Crippen MR) is 115 cm³/mol. The van der Waals surface area contributed by atoms with Crippen LogP contribution in [0.4, 0.5) is 0 Å². The molecular weight excluding hydrogens is 344 g/mol. The van der Waals surface area contributed by atoms with Crippen LogP contribution in [-0.4, -0.2) is 47.9 Å². The van der Waals surface area contributed by atoms with Crippen LogP contribution >= 0.6 is 0 Å². The van der Waals surface area contributed by atoms with Crippen molar-refractivity contribution in [3.63, 3.8) is 0 Å². The molecule has 1 aliphatic carbocycles. The van der Waals surface area contributed by atoms with Gasteiger partial charge < -0.3 is 9.80 Å². The molecule has 1 saturated carbocycles. The third-order valence-electron chi connectivity index (χ3n) is 7.58. The van der Waals surface area contributed by atoms with Crippen molar-refractivity contribution >= 4 is 5.91 Å². The fourth-order valence-corrected chi connectivity index (χ4v) is 5.89. The van der Waals surface area contributed by atoms with Crippen molar-refractivity contribution in [3.05, 3.63) is 35.4 Å². The summed E-state index contributed by atoms with van der Waals surface area (Å²) in [6.07, 6.45) is 7.18. The molecule has 2 heterocycles. The smallest absolute Gasteiger partial charge is 0.222 e. The van der Waals surface area contributed by atoms with Gasteiger partial charge in [-0.25, -0.2) is 0 Å². The third-order valence-corrected chi connectivity index (χ3v) is 7.58. The topological polar surface area (TPSA) is 23.6 Å². The van der Waals surface area contributed by atoms with E-state index in [1.807, 2.05) is 0 Å². The Morgan fingerprint density at radius 3 is 2.57 bits per heavy atom. The van der Waals surface area contributed by atoms with Gasteiger partial charge in [0.1, 0.15) is 0 Å². The largest absolute Gasteiger partial charge is 0.342 e. The Kier molecular flexibility index (Phi) is 6.10. The number of hydrogen-bond donors (Lipinski definition) is 0. The number of carbonyl (C=O) groups excluding carboxylic acids is 1. The van der Waals surface area contributed by atoms with Crippen molar-refractivity contribution in [1.29, 1.82) is 0 Å². The van der Waals surface area contributed by atoms with Crippen LogP contribution < -0.4 is 0 Å². The molecule has 3 aliphatic rings. The van der Waals surface area contributed by atoms with E-state index in [9.17, 15) is 4.79 Å². The molecule has 4 rings (SSSR count). The van der Waals surface area contributed by atoms with Gasteiger partial charge in [-0.15, -0.1) is 0 Å². The highest BCUT2D eigenvalue weighted by molar-refractivity contribution is 5.76. The lowest BCUT2D eigenvalue weighted by molar-refractivity contribution is -0.131. The summed E-state index contributed by atoms with van der Waals surface area (Å²) in [5.74, 6) is 2.87. The number of rotatable bonds is 6. The summed E-state index contributed by atoms with van der Waals surface area (Å²) in [7, 11) is 0. The van der Waals surface area contributed by atoms with Crippen molar-refractivity contribution in [2.24, 2.45) is 17.8 Å². The second-order valence-electron chi connectivity index (χ2n) is 10.0. The first-order valence-electron chi connectivity index (χ1n) is 11.6. The summed E-state index contributed by atoms with van der Waals surface area (Å²) in [6, 6.07) is 10.3. The summed E-state index contributed by atoms with van der Waals surface area (Å²) in [5, 5.41) is 0. The van der Waals surface area contributed by atoms with E-state index in [-0.39, 0.29) is 0 Å². The molecule has 1 aromatic rings. The van der Waals surface area contributed by atoms with Crippen molar-refractivity contribution in [1.82, 2.24) is 9.80 Å². The molecular formula is C25H38N2O. The van der Waals surface area contributed by atoms with Crippen LogP contribution in [0, 0.1) is 17.8 Å². The highest BCUT2D eigenvalue weighted by Crippen LogP contribution is 2.47. The van der Waals surface area contributed by atoms with Gasteiger partial charge in [-0.2, -0.15) is 0 Å². The van der Waals surface area contributed by atoms with Crippen molar-refractivity contribution < 1.29 is 4.79 Å². The van der Waals surface area contributed by atoms with Crippen LogP contribution in [0.5, 0.6) is 0 Å². The van der Waals surface area contributed by atoms with Gasteiger partial charge in [0.25, 0.3) is 0 Å². The lowest BCUT2D eigenvalue weighted by Gasteiger charge is -2.22. The molecule has 0 radical (unpaired) electrons. The Morgan fingerprint density at radius 2 is 1.89 bits per heavy atom. The monoisotopic (exact) mass is 382 g/mol. The number of fused-ring (bicyclic) bond motifs is 1. The molecule has 0 N–H and O–H groups in total. The molecule has 3 fully saturated rings. The minimum absolute atomic E-state index is 0.370. The van der Waals surface area contributed by atoms with Crippen molar-refractivity contribution in [2.75, 3.05) is 26.2 Å². The summed E-state index contributed by atoms with van der Waals surface area (Å²) < 4.78 is 0. The number of carbonyl (C=O) groups is 1. The van der Waals surface area contributed by atoms with Crippen LogP contribution in [0.1, 0.15) is 69.9 Å². The van der Waals surface area contributed by atoms with Crippen LogP contribution in [-0.2, 0) is 11.2 Å². The molecule has 154 valence electrons. The second-order valence-corrected chi connectivity index (χ2v) is 10.0. The summed E-state index contributed by atoms with van der Waals surface area (Å²) >= 11 is 0. The number of nitrogens with zero attached hydrogens (tertiary/aromatic N) is 2. The quantitative estimate of drug-likeness (QED) is 0.711. The van der Waals surface area contributed by atoms with Gasteiger partial charge in [0.2, 0.25) is 5.91 Å². The zero-order chi connectivity index (χ0) is 19.7.